The topological polar surface area (TPSA) is 43.1 Å². The summed E-state index contributed by atoms with van der Waals surface area (Å²) < 4.78 is 3.80. The van der Waals surface area contributed by atoms with Crippen LogP contribution >= 0.6 is 0 Å². The van der Waals surface area contributed by atoms with Gasteiger partial charge in [-0.1, -0.05) is 36.4 Å². The molecule has 4 aromatic rings. The van der Waals surface area contributed by atoms with E-state index in [0.717, 1.165) is 30.0 Å². The summed E-state index contributed by atoms with van der Waals surface area (Å²) in [4.78, 5) is 15.4. The van der Waals surface area contributed by atoms with E-state index in [2.05, 4.69) is 42.4 Å². The van der Waals surface area contributed by atoms with Gasteiger partial charge in [-0.15, -0.1) is 0 Å². The average molecular weight is 382 g/mol. The number of nitrogens with zero attached hydrogens (tertiary/aromatic N) is 4. The quantitative estimate of drug-likeness (QED) is 0.534. The van der Waals surface area contributed by atoms with Crippen LogP contribution in [0, 0.1) is 6.92 Å². The molecule has 1 aliphatic heterocycles. The number of carbonyl (C=O) groups is 1. The van der Waals surface area contributed by atoms with Gasteiger partial charge in [0.15, 0.2) is 5.82 Å². The van der Waals surface area contributed by atoms with Crippen molar-refractivity contribution in [2.24, 2.45) is 0 Å². The van der Waals surface area contributed by atoms with Crippen molar-refractivity contribution in [3.05, 3.63) is 102 Å². The van der Waals surface area contributed by atoms with Crippen LogP contribution in [0.1, 0.15) is 27.0 Å². The van der Waals surface area contributed by atoms with Crippen LogP contribution in [0.3, 0.4) is 0 Å². The van der Waals surface area contributed by atoms with E-state index in [-0.39, 0.29) is 5.91 Å². The summed E-state index contributed by atoms with van der Waals surface area (Å²) >= 11 is 0. The summed E-state index contributed by atoms with van der Waals surface area (Å²) in [6, 6.07) is 20.4. The monoisotopic (exact) mass is 382 g/mol. The Bertz CT molecular complexity index is 1170. The summed E-state index contributed by atoms with van der Waals surface area (Å²) in [5.74, 6) is 0.784. The fourth-order valence-electron chi connectivity index (χ4n) is 4.01. The molecular formula is C24H22N4O. The number of fused-ring (bicyclic) bond motifs is 1. The van der Waals surface area contributed by atoms with Gasteiger partial charge in [0.05, 0.1) is 11.9 Å². The molecule has 2 aromatic heterocycles. The van der Waals surface area contributed by atoms with Crippen LogP contribution in [0.2, 0.25) is 0 Å². The molecule has 3 heterocycles. The second-order valence-electron chi connectivity index (χ2n) is 7.47. The molecule has 0 bridgehead atoms. The summed E-state index contributed by atoms with van der Waals surface area (Å²) in [6.45, 7) is 3.41. The Morgan fingerprint density at radius 1 is 0.966 bits per heavy atom. The van der Waals surface area contributed by atoms with E-state index < -0.39 is 0 Å². The molecule has 1 amide bonds. The first-order valence-corrected chi connectivity index (χ1v) is 9.85. The molecule has 0 radical (unpaired) electrons. The minimum absolute atomic E-state index is 0.0158. The zero-order valence-electron chi connectivity index (χ0n) is 16.3. The Morgan fingerprint density at radius 3 is 2.55 bits per heavy atom. The minimum atomic E-state index is 0.0158. The number of rotatable bonds is 3. The first-order chi connectivity index (χ1) is 14.2. The van der Waals surface area contributed by atoms with Crippen molar-refractivity contribution in [3.63, 3.8) is 0 Å². The summed E-state index contributed by atoms with van der Waals surface area (Å²) in [7, 11) is 0. The van der Waals surface area contributed by atoms with Gasteiger partial charge in [0.1, 0.15) is 5.56 Å². The fourth-order valence-corrected chi connectivity index (χ4v) is 4.01. The molecule has 0 atom stereocenters. The highest BCUT2D eigenvalue weighted by Crippen LogP contribution is 2.25. The zero-order chi connectivity index (χ0) is 19.8. The van der Waals surface area contributed by atoms with E-state index in [1.165, 1.54) is 11.1 Å². The maximum absolute atomic E-state index is 13.5. The maximum Gasteiger partial charge on any atom is 0.259 e. The van der Waals surface area contributed by atoms with Gasteiger partial charge in [-0.25, -0.2) is 4.68 Å². The van der Waals surface area contributed by atoms with Gasteiger partial charge in [-0.2, -0.15) is 5.10 Å². The lowest BCUT2D eigenvalue weighted by Gasteiger charge is -2.29. The van der Waals surface area contributed by atoms with Crippen molar-refractivity contribution >= 4 is 5.91 Å². The molecule has 0 aliphatic carbocycles. The molecule has 0 spiro atoms. The second-order valence-corrected chi connectivity index (χ2v) is 7.47. The predicted molar refractivity (Wildman–Crippen MR) is 113 cm³/mol. The number of carbonyl (C=O) groups excluding carboxylic acids is 1. The Morgan fingerprint density at radius 2 is 1.76 bits per heavy atom. The summed E-state index contributed by atoms with van der Waals surface area (Å²) in [6.07, 6.45) is 6.48. The van der Waals surface area contributed by atoms with Crippen LogP contribution in [0.4, 0.5) is 0 Å². The zero-order valence-corrected chi connectivity index (χ0v) is 16.3. The normalized spacial score (nSPS) is 13.3. The number of aryl methyl sites for hydroxylation is 1. The lowest BCUT2D eigenvalue weighted by atomic mass is 9.99. The number of hydrogen-bond donors (Lipinski definition) is 0. The van der Waals surface area contributed by atoms with Crippen molar-refractivity contribution < 1.29 is 4.79 Å². The molecule has 0 N–H and O–H groups in total. The first-order valence-electron chi connectivity index (χ1n) is 9.85. The summed E-state index contributed by atoms with van der Waals surface area (Å²) in [5, 5.41) is 4.59. The van der Waals surface area contributed by atoms with E-state index in [1.807, 2.05) is 56.9 Å². The van der Waals surface area contributed by atoms with Crippen molar-refractivity contribution in [1.82, 2.24) is 19.2 Å². The fraction of sp³-hybridized carbons (Fsp3) is 0.167. The molecule has 0 saturated carbocycles. The Labute approximate surface area is 169 Å². The smallest absolute Gasteiger partial charge is 0.259 e. The Balaban J connectivity index is 1.56. The van der Waals surface area contributed by atoms with Crippen molar-refractivity contribution in [2.45, 2.75) is 19.9 Å². The molecule has 144 valence electrons. The number of benzene rings is 2. The van der Waals surface area contributed by atoms with Gasteiger partial charge < -0.3 is 9.47 Å². The molecule has 1 aliphatic rings. The van der Waals surface area contributed by atoms with Crippen LogP contribution < -0.4 is 0 Å². The van der Waals surface area contributed by atoms with E-state index in [9.17, 15) is 4.79 Å². The van der Waals surface area contributed by atoms with E-state index >= 15 is 0 Å². The molecular weight excluding hydrogens is 360 g/mol. The molecule has 0 fully saturated rings. The molecule has 0 unspecified atom stereocenters. The van der Waals surface area contributed by atoms with Gasteiger partial charge in [-0.3, -0.25) is 4.79 Å². The first kappa shape index (κ1) is 17.5. The lowest BCUT2D eigenvalue weighted by Crippen LogP contribution is -2.36. The third-order valence-corrected chi connectivity index (χ3v) is 5.49. The highest BCUT2D eigenvalue weighted by Gasteiger charge is 2.27. The predicted octanol–water partition coefficient (Wildman–Crippen LogP) is 4.17. The highest BCUT2D eigenvalue weighted by molar-refractivity contribution is 5.97. The second kappa shape index (κ2) is 7.09. The lowest BCUT2D eigenvalue weighted by molar-refractivity contribution is 0.0734. The number of amides is 1. The molecule has 2 aromatic carbocycles. The van der Waals surface area contributed by atoms with Gasteiger partial charge in [0.25, 0.3) is 5.91 Å². The highest BCUT2D eigenvalue weighted by atomic mass is 16.2. The SMILES string of the molecule is Cc1cccc(-n2ncc(C(=O)N3CCc4ccccc4C3)c2-n2cccc2)c1. The van der Waals surface area contributed by atoms with Crippen molar-refractivity contribution in [1.29, 1.82) is 0 Å². The average Bonchev–Trinajstić information content (AvgIpc) is 3.42. The molecule has 0 saturated heterocycles. The number of hydrogen-bond acceptors (Lipinski definition) is 2. The van der Waals surface area contributed by atoms with E-state index in [4.69, 9.17) is 0 Å². The van der Waals surface area contributed by atoms with E-state index in [0.29, 0.717) is 12.1 Å². The van der Waals surface area contributed by atoms with Gasteiger partial charge in [0, 0.05) is 25.5 Å². The largest absolute Gasteiger partial charge is 0.334 e. The molecule has 29 heavy (non-hydrogen) atoms. The van der Waals surface area contributed by atoms with Crippen LogP contribution in [-0.4, -0.2) is 31.7 Å². The van der Waals surface area contributed by atoms with E-state index in [1.54, 1.807) is 6.20 Å². The summed E-state index contributed by atoms with van der Waals surface area (Å²) in [5.41, 5.74) is 5.26. The molecule has 5 nitrogen and oxygen atoms in total. The van der Waals surface area contributed by atoms with Crippen molar-refractivity contribution in [2.75, 3.05) is 6.54 Å². The van der Waals surface area contributed by atoms with Crippen molar-refractivity contribution in [3.8, 4) is 11.5 Å². The van der Waals surface area contributed by atoms with Gasteiger partial charge in [-0.05, 0) is 54.3 Å². The maximum atomic E-state index is 13.5. The third kappa shape index (κ3) is 3.14. The van der Waals surface area contributed by atoms with Crippen LogP contribution in [0.15, 0.2) is 79.3 Å². The molecule has 5 rings (SSSR count). The minimum Gasteiger partial charge on any atom is -0.334 e. The Hall–Kier alpha value is -3.60. The Kier molecular flexibility index (Phi) is 4.28. The standard InChI is InChI=1S/C24H22N4O/c1-18-7-6-10-21(15-18)28-23(26-12-4-5-13-26)22(16-25-28)24(29)27-14-11-19-8-2-3-9-20(19)17-27/h2-10,12-13,15-16H,11,14,17H2,1H3. The van der Waals surface area contributed by atoms with Crippen LogP contribution in [0.5, 0.6) is 0 Å². The van der Waals surface area contributed by atoms with Crippen LogP contribution in [-0.2, 0) is 13.0 Å². The van der Waals surface area contributed by atoms with Gasteiger partial charge >= 0.3 is 0 Å². The van der Waals surface area contributed by atoms with Crippen LogP contribution in [0.25, 0.3) is 11.5 Å². The number of aromatic nitrogens is 3. The third-order valence-electron chi connectivity index (χ3n) is 5.49. The van der Waals surface area contributed by atoms with Gasteiger partial charge in [0.2, 0.25) is 0 Å². The molecule has 5 heteroatoms.